The van der Waals surface area contributed by atoms with E-state index in [9.17, 15) is 4.39 Å². The fraction of sp³-hybridized carbons (Fsp3) is 0.182. The summed E-state index contributed by atoms with van der Waals surface area (Å²) in [7, 11) is 1.78. The minimum atomic E-state index is -0.321. The molecule has 0 aromatic carbocycles. The number of halogens is 1. The van der Waals surface area contributed by atoms with Crippen molar-refractivity contribution in [3.63, 3.8) is 0 Å². The highest BCUT2D eigenvalue weighted by Crippen LogP contribution is 2.23. The molecule has 15 heavy (non-hydrogen) atoms. The van der Waals surface area contributed by atoms with Crippen molar-refractivity contribution in [2.75, 3.05) is 7.05 Å². The van der Waals surface area contributed by atoms with Crippen LogP contribution in [0.25, 0.3) is 0 Å². The van der Waals surface area contributed by atoms with Crippen molar-refractivity contribution < 1.29 is 8.81 Å². The first-order valence-corrected chi connectivity index (χ1v) is 4.61. The summed E-state index contributed by atoms with van der Waals surface area (Å²) in [5, 5.41) is 3.03. The van der Waals surface area contributed by atoms with E-state index in [2.05, 4.69) is 10.3 Å². The quantitative estimate of drug-likeness (QED) is 0.835. The highest BCUT2D eigenvalue weighted by molar-refractivity contribution is 5.28. The lowest BCUT2D eigenvalue weighted by molar-refractivity contribution is 0.546. The Labute approximate surface area is 86.9 Å². The zero-order valence-corrected chi connectivity index (χ0v) is 8.27. The molecule has 0 radical (unpaired) electrons. The maximum absolute atomic E-state index is 13.5. The maximum Gasteiger partial charge on any atom is 0.146 e. The lowest BCUT2D eigenvalue weighted by Crippen LogP contribution is -2.18. The number of furan rings is 1. The van der Waals surface area contributed by atoms with Crippen LogP contribution in [0.4, 0.5) is 4.39 Å². The Bertz CT molecular complexity index is 428. The van der Waals surface area contributed by atoms with E-state index in [1.165, 1.54) is 6.20 Å². The maximum atomic E-state index is 13.5. The lowest BCUT2D eigenvalue weighted by Gasteiger charge is -2.14. The van der Waals surface area contributed by atoms with Gasteiger partial charge in [0.25, 0.3) is 0 Å². The Morgan fingerprint density at radius 3 is 2.93 bits per heavy atom. The molecule has 0 aliphatic rings. The average molecular weight is 206 g/mol. The van der Waals surface area contributed by atoms with Crippen LogP contribution in [-0.2, 0) is 0 Å². The predicted octanol–water partition coefficient (Wildman–Crippen LogP) is 2.12. The summed E-state index contributed by atoms with van der Waals surface area (Å²) in [6, 6.07) is 3.26. The van der Waals surface area contributed by atoms with Crippen LogP contribution in [0.3, 0.4) is 0 Å². The van der Waals surface area contributed by atoms with Crippen molar-refractivity contribution in [2.24, 2.45) is 0 Å². The first-order valence-electron chi connectivity index (χ1n) is 4.61. The fourth-order valence-electron chi connectivity index (χ4n) is 1.56. The number of hydrogen-bond donors (Lipinski definition) is 1. The topological polar surface area (TPSA) is 38.1 Å². The van der Waals surface area contributed by atoms with Crippen molar-refractivity contribution in [3.8, 4) is 0 Å². The molecule has 0 amide bonds. The predicted molar refractivity (Wildman–Crippen MR) is 53.8 cm³/mol. The molecule has 0 saturated heterocycles. The summed E-state index contributed by atoms with van der Waals surface area (Å²) in [6.45, 7) is 0. The Morgan fingerprint density at radius 2 is 2.33 bits per heavy atom. The third kappa shape index (κ3) is 1.89. The highest BCUT2D eigenvalue weighted by atomic mass is 19.1. The van der Waals surface area contributed by atoms with E-state index in [-0.39, 0.29) is 11.9 Å². The van der Waals surface area contributed by atoms with E-state index in [1.807, 2.05) is 0 Å². The molecule has 1 N–H and O–H groups in total. The smallest absolute Gasteiger partial charge is 0.146 e. The number of pyridine rings is 1. The molecule has 2 rings (SSSR count). The van der Waals surface area contributed by atoms with Crippen molar-refractivity contribution in [3.05, 3.63) is 54.0 Å². The van der Waals surface area contributed by atoms with E-state index in [1.54, 1.807) is 37.9 Å². The van der Waals surface area contributed by atoms with Crippen LogP contribution in [0, 0.1) is 5.82 Å². The SMILES string of the molecule is CNC(c1ccoc1)c1ccncc1F. The van der Waals surface area contributed by atoms with Gasteiger partial charge in [0, 0.05) is 17.3 Å². The zero-order chi connectivity index (χ0) is 10.7. The van der Waals surface area contributed by atoms with Crippen LogP contribution in [0.2, 0.25) is 0 Å². The Balaban J connectivity index is 2.40. The van der Waals surface area contributed by atoms with Gasteiger partial charge >= 0.3 is 0 Å². The van der Waals surface area contributed by atoms with Gasteiger partial charge < -0.3 is 9.73 Å². The standard InChI is InChI=1S/C11H11FN2O/c1-13-11(8-3-5-15-7-8)9-2-4-14-6-10(9)12/h2-7,11,13H,1H3. The monoisotopic (exact) mass is 206 g/mol. The molecule has 2 aromatic heterocycles. The molecule has 1 atom stereocenters. The van der Waals surface area contributed by atoms with Crippen molar-refractivity contribution in [2.45, 2.75) is 6.04 Å². The van der Waals surface area contributed by atoms with Crippen molar-refractivity contribution in [1.29, 1.82) is 0 Å². The highest BCUT2D eigenvalue weighted by Gasteiger charge is 2.16. The van der Waals surface area contributed by atoms with Gasteiger partial charge in [0.2, 0.25) is 0 Å². The zero-order valence-electron chi connectivity index (χ0n) is 8.27. The molecular formula is C11H11FN2O. The van der Waals surface area contributed by atoms with Crippen LogP contribution in [0.15, 0.2) is 41.5 Å². The van der Waals surface area contributed by atoms with Gasteiger partial charge in [0.1, 0.15) is 5.82 Å². The van der Waals surface area contributed by atoms with Crippen LogP contribution < -0.4 is 5.32 Å². The Hall–Kier alpha value is -1.68. The molecule has 0 aliphatic carbocycles. The molecule has 0 bridgehead atoms. The summed E-state index contributed by atoms with van der Waals surface area (Å²) in [5.74, 6) is -0.321. The van der Waals surface area contributed by atoms with E-state index in [0.29, 0.717) is 5.56 Å². The van der Waals surface area contributed by atoms with Crippen molar-refractivity contribution in [1.82, 2.24) is 10.3 Å². The van der Waals surface area contributed by atoms with Crippen LogP contribution in [-0.4, -0.2) is 12.0 Å². The van der Waals surface area contributed by atoms with E-state index < -0.39 is 0 Å². The minimum Gasteiger partial charge on any atom is -0.472 e. The molecule has 0 saturated carbocycles. The van der Waals surface area contributed by atoms with E-state index in [0.717, 1.165) is 5.56 Å². The summed E-state index contributed by atoms with van der Waals surface area (Å²) in [5.41, 5.74) is 1.46. The van der Waals surface area contributed by atoms with Crippen LogP contribution in [0.5, 0.6) is 0 Å². The summed E-state index contributed by atoms with van der Waals surface area (Å²) < 4.78 is 18.5. The molecule has 1 unspecified atom stereocenters. The fourth-order valence-corrected chi connectivity index (χ4v) is 1.56. The number of nitrogens with one attached hydrogen (secondary N) is 1. The number of aromatic nitrogens is 1. The van der Waals surface area contributed by atoms with E-state index in [4.69, 9.17) is 4.42 Å². The van der Waals surface area contributed by atoms with Gasteiger partial charge in [0.15, 0.2) is 0 Å². The third-order valence-corrected chi connectivity index (χ3v) is 2.28. The average Bonchev–Trinajstić information content (AvgIpc) is 2.75. The van der Waals surface area contributed by atoms with Gasteiger partial charge in [-0.2, -0.15) is 0 Å². The van der Waals surface area contributed by atoms with E-state index >= 15 is 0 Å². The second-order valence-electron chi connectivity index (χ2n) is 3.18. The largest absolute Gasteiger partial charge is 0.472 e. The molecule has 0 aliphatic heterocycles. The number of hydrogen-bond acceptors (Lipinski definition) is 3. The van der Waals surface area contributed by atoms with Crippen LogP contribution >= 0.6 is 0 Å². The van der Waals surface area contributed by atoms with Gasteiger partial charge in [0.05, 0.1) is 24.8 Å². The molecular weight excluding hydrogens is 195 g/mol. The summed E-state index contributed by atoms with van der Waals surface area (Å²) in [6.07, 6.45) is 5.95. The van der Waals surface area contributed by atoms with Crippen molar-refractivity contribution >= 4 is 0 Å². The minimum absolute atomic E-state index is 0.202. The summed E-state index contributed by atoms with van der Waals surface area (Å²) >= 11 is 0. The molecule has 0 spiro atoms. The normalized spacial score (nSPS) is 12.7. The number of rotatable bonds is 3. The van der Waals surface area contributed by atoms with Gasteiger partial charge in [-0.05, 0) is 19.2 Å². The van der Waals surface area contributed by atoms with Gasteiger partial charge in [-0.3, -0.25) is 4.98 Å². The molecule has 0 fully saturated rings. The third-order valence-electron chi connectivity index (χ3n) is 2.28. The molecule has 2 heterocycles. The number of nitrogens with zero attached hydrogens (tertiary/aromatic N) is 1. The first-order chi connectivity index (χ1) is 7.33. The Morgan fingerprint density at radius 1 is 1.47 bits per heavy atom. The Kier molecular flexibility index (Phi) is 2.78. The second kappa shape index (κ2) is 4.23. The molecule has 4 heteroatoms. The summed E-state index contributed by atoms with van der Waals surface area (Å²) in [4.78, 5) is 3.72. The molecule has 2 aromatic rings. The first kappa shape index (κ1) is 9.86. The van der Waals surface area contributed by atoms with Gasteiger partial charge in [-0.15, -0.1) is 0 Å². The van der Waals surface area contributed by atoms with Gasteiger partial charge in [-0.25, -0.2) is 4.39 Å². The van der Waals surface area contributed by atoms with Gasteiger partial charge in [-0.1, -0.05) is 0 Å². The molecule has 3 nitrogen and oxygen atoms in total. The molecule has 78 valence electrons. The lowest BCUT2D eigenvalue weighted by atomic mass is 10.0. The van der Waals surface area contributed by atoms with Crippen LogP contribution in [0.1, 0.15) is 17.2 Å². The second-order valence-corrected chi connectivity index (χ2v) is 3.18.